The molecule has 0 bridgehead atoms. The molecule has 0 aromatic heterocycles. The third-order valence-corrected chi connectivity index (χ3v) is 5.92. The van der Waals surface area contributed by atoms with Gasteiger partial charge in [0.2, 0.25) is 17.7 Å². The average molecular weight is 494 g/mol. The molecule has 0 saturated carbocycles. The van der Waals surface area contributed by atoms with Gasteiger partial charge in [-0.3, -0.25) is 14.4 Å². The van der Waals surface area contributed by atoms with Crippen LogP contribution in [0.4, 0.5) is 0 Å². The predicted octanol–water partition coefficient (Wildman–Crippen LogP) is -1.57. The van der Waals surface area contributed by atoms with Crippen molar-refractivity contribution >= 4 is 23.7 Å². The predicted molar refractivity (Wildman–Crippen MR) is 126 cm³/mol. The molecule has 35 heavy (non-hydrogen) atoms. The van der Waals surface area contributed by atoms with Gasteiger partial charge in [-0.1, -0.05) is 12.1 Å². The van der Waals surface area contributed by atoms with Gasteiger partial charge in [0.1, 0.15) is 23.9 Å². The summed E-state index contributed by atoms with van der Waals surface area (Å²) in [5, 5.41) is 32.6. The Kier molecular flexibility index (Phi) is 10.9. The molecule has 2 rings (SSSR count). The van der Waals surface area contributed by atoms with Crippen molar-refractivity contribution in [2.75, 3.05) is 19.7 Å². The molecule has 0 spiro atoms. The first kappa shape index (κ1) is 28.0. The Bertz CT molecular complexity index is 880. The lowest BCUT2D eigenvalue weighted by molar-refractivity contribution is -0.144. The van der Waals surface area contributed by atoms with E-state index >= 15 is 0 Å². The van der Waals surface area contributed by atoms with E-state index in [1.54, 1.807) is 12.1 Å². The summed E-state index contributed by atoms with van der Waals surface area (Å²) in [6.45, 7) is -0.0648. The van der Waals surface area contributed by atoms with Gasteiger partial charge in [0.25, 0.3) is 0 Å². The lowest BCUT2D eigenvalue weighted by Crippen LogP contribution is -2.57. The molecule has 1 heterocycles. The number of benzene rings is 1. The van der Waals surface area contributed by atoms with Crippen molar-refractivity contribution in [2.45, 2.75) is 62.7 Å². The standard InChI is InChI=1S/C23H35N5O7/c24-10-2-1-4-17(20(31)27-18(13-29)23(34)35)26-21(32)19-5-3-11-28(19)22(33)16(25)12-14-6-8-15(30)9-7-14/h6-9,16-19,29-30H,1-5,10-13,24-25H2,(H,26,32)(H,27,31)(H,34,35). The highest BCUT2D eigenvalue weighted by molar-refractivity contribution is 5.94. The molecular weight excluding hydrogens is 458 g/mol. The van der Waals surface area contributed by atoms with E-state index < -0.39 is 54.5 Å². The van der Waals surface area contributed by atoms with Crippen LogP contribution in [0.3, 0.4) is 0 Å². The number of phenolic OH excluding ortho intramolecular Hbond substituents is 1. The summed E-state index contributed by atoms with van der Waals surface area (Å²) >= 11 is 0. The molecule has 1 aliphatic rings. The van der Waals surface area contributed by atoms with Crippen LogP contribution in [0.2, 0.25) is 0 Å². The fourth-order valence-corrected chi connectivity index (χ4v) is 3.98. The number of nitrogens with two attached hydrogens (primary N) is 2. The smallest absolute Gasteiger partial charge is 0.328 e. The second kappa shape index (κ2) is 13.6. The van der Waals surface area contributed by atoms with E-state index in [0.29, 0.717) is 38.8 Å². The quantitative estimate of drug-likeness (QED) is 0.158. The Labute approximate surface area is 203 Å². The van der Waals surface area contributed by atoms with Gasteiger partial charge in [-0.05, 0) is 62.8 Å². The molecule has 4 unspecified atom stereocenters. The molecule has 1 aromatic rings. The van der Waals surface area contributed by atoms with Crippen LogP contribution in [-0.2, 0) is 25.6 Å². The van der Waals surface area contributed by atoms with Crippen molar-refractivity contribution in [1.29, 1.82) is 0 Å². The number of aromatic hydroxyl groups is 1. The third kappa shape index (κ3) is 8.19. The number of nitrogens with zero attached hydrogens (tertiary/aromatic N) is 1. The van der Waals surface area contributed by atoms with E-state index in [-0.39, 0.29) is 18.6 Å². The van der Waals surface area contributed by atoms with Crippen LogP contribution in [-0.4, -0.2) is 87.8 Å². The fraction of sp³-hybridized carbons (Fsp3) is 0.565. The van der Waals surface area contributed by atoms with Crippen LogP contribution < -0.4 is 22.1 Å². The maximum absolute atomic E-state index is 13.1. The summed E-state index contributed by atoms with van der Waals surface area (Å²) < 4.78 is 0. The van der Waals surface area contributed by atoms with Crippen LogP contribution in [0.15, 0.2) is 24.3 Å². The number of phenols is 1. The second-order valence-corrected chi connectivity index (χ2v) is 8.59. The molecule has 9 N–H and O–H groups in total. The number of hydrogen-bond donors (Lipinski definition) is 7. The maximum atomic E-state index is 13.1. The Morgan fingerprint density at radius 2 is 1.77 bits per heavy atom. The number of carbonyl (C=O) groups excluding carboxylic acids is 3. The number of amides is 3. The largest absolute Gasteiger partial charge is 0.508 e. The number of nitrogens with one attached hydrogen (secondary N) is 2. The van der Waals surface area contributed by atoms with Crippen LogP contribution in [0.5, 0.6) is 5.75 Å². The number of carbonyl (C=O) groups is 4. The van der Waals surface area contributed by atoms with Gasteiger partial charge in [-0.25, -0.2) is 4.79 Å². The number of likely N-dealkylation sites (tertiary alicyclic amines) is 1. The molecule has 1 saturated heterocycles. The summed E-state index contributed by atoms with van der Waals surface area (Å²) in [4.78, 5) is 51.3. The average Bonchev–Trinajstić information content (AvgIpc) is 3.32. The number of aliphatic carboxylic acids is 1. The second-order valence-electron chi connectivity index (χ2n) is 8.59. The molecule has 12 nitrogen and oxygen atoms in total. The number of aliphatic hydroxyl groups is 1. The van der Waals surface area contributed by atoms with E-state index in [2.05, 4.69) is 10.6 Å². The van der Waals surface area contributed by atoms with Gasteiger partial charge >= 0.3 is 5.97 Å². The van der Waals surface area contributed by atoms with E-state index in [9.17, 15) is 29.4 Å². The summed E-state index contributed by atoms with van der Waals surface area (Å²) in [6, 6.07) is 2.07. The van der Waals surface area contributed by atoms with Gasteiger partial charge in [0.15, 0.2) is 0 Å². The number of carboxylic acid groups (broad SMARTS) is 1. The van der Waals surface area contributed by atoms with E-state index in [0.717, 1.165) is 5.56 Å². The molecule has 1 aromatic carbocycles. The van der Waals surface area contributed by atoms with Gasteiger partial charge in [0.05, 0.1) is 12.6 Å². The monoisotopic (exact) mass is 493 g/mol. The summed E-state index contributed by atoms with van der Waals surface area (Å²) in [5.74, 6) is -2.97. The van der Waals surface area contributed by atoms with Crippen molar-refractivity contribution in [2.24, 2.45) is 11.5 Å². The Morgan fingerprint density at radius 3 is 2.37 bits per heavy atom. The minimum absolute atomic E-state index is 0.101. The molecule has 1 fully saturated rings. The number of unbranched alkanes of at least 4 members (excludes halogenated alkanes) is 1. The number of aliphatic hydroxyl groups excluding tert-OH is 1. The zero-order valence-corrected chi connectivity index (χ0v) is 19.6. The highest BCUT2D eigenvalue weighted by atomic mass is 16.4. The SMILES string of the molecule is NCCCCC(NC(=O)C1CCCN1C(=O)C(N)Cc1ccc(O)cc1)C(=O)NC(CO)C(=O)O. The molecule has 4 atom stereocenters. The van der Waals surface area contributed by atoms with Crippen LogP contribution in [0, 0.1) is 0 Å². The first-order chi connectivity index (χ1) is 16.7. The first-order valence-electron chi connectivity index (χ1n) is 11.7. The van der Waals surface area contributed by atoms with Crippen molar-refractivity contribution in [1.82, 2.24) is 15.5 Å². The number of hydrogen-bond acceptors (Lipinski definition) is 8. The highest BCUT2D eigenvalue weighted by Crippen LogP contribution is 2.20. The molecule has 12 heteroatoms. The van der Waals surface area contributed by atoms with E-state index in [4.69, 9.17) is 16.6 Å². The number of carboxylic acids is 1. The summed E-state index contributed by atoms with van der Waals surface area (Å²) in [7, 11) is 0. The fourth-order valence-electron chi connectivity index (χ4n) is 3.98. The van der Waals surface area contributed by atoms with Gasteiger partial charge < -0.3 is 42.3 Å². The molecular formula is C23H35N5O7. The summed E-state index contributed by atoms with van der Waals surface area (Å²) in [6.07, 6.45) is 2.54. The van der Waals surface area contributed by atoms with Crippen molar-refractivity contribution in [3.05, 3.63) is 29.8 Å². The Morgan fingerprint density at radius 1 is 1.09 bits per heavy atom. The van der Waals surface area contributed by atoms with Crippen LogP contribution in [0.1, 0.15) is 37.7 Å². The Hall–Kier alpha value is -3.22. The first-order valence-corrected chi connectivity index (χ1v) is 11.7. The normalized spacial score (nSPS) is 17.9. The van der Waals surface area contributed by atoms with Gasteiger partial charge in [-0.2, -0.15) is 0 Å². The van der Waals surface area contributed by atoms with E-state index in [1.165, 1.54) is 17.0 Å². The van der Waals surface area contributed by atoms with Crippen molar-refractivity contribution in [3.63, 3.8) is 0 Å². The molecule has 3 amide bonds. The van der Waals surface area contributed by atoms with Crippen LogP contribution in [0.25, 0.3) is 0 Å². The lowest BCUT2D eigenvalue weighted by atomic mass is 10.0. The minimum atomic E-state index is -1.50. The van der Waals surface area contributed by atoms with E-state index in [1.807, 2.05) is 0 Å². The Balaban J connectivity index is 2.06. The topological polar surface area (TPSA) is 208 Å². The lowest BCUT2D eigenvalue weighted by Gasteiger charge is -2.28. The van der Waals surface area contributed by atoms with Crippen LogP contribution >= 0.6 is 0 Å². The van der Waals surface area contributed by atoms with Gasteiger partial charge in [-0.15, -0.1) is 0 Å². The molecule has 194 valence electrons. The maximum Gasteiger partial charge on any atom is 0.328 e. The van der Waals surface area contributed by atoms with Crippen molar-refractivity contribution in [3.8, 4) is 5.75 Å². The molecule has 0 aliphatic carbocycles. The third-order valence-electron chi connectivity index (χ3n) is 5.92. The molecule has 0 radical (unpaired) electrons. The van der Waals surface area contributed by atoms with Gasteiger partial charge in [0, 0.05) is 6.54 Å². The van der Waals surface area contributed by atoms with Crippen molar-refractivity contribution < 1.29 is 34.5 Å². The molecule has 1 aliphatic heterocycles. The number of rotatable bonds is 13. The highest BCUT2D eigenvalue weighted by Gasteiger charge is 2.37. The zero-order valence-electron chi connectivity index (χ0n) is 19.6. The zero-order chi connectivity index (χ0) is 26.0. The summed E-state index contributed by atoms with van der Waals surface area (Å²) in [5.41, 5.74) is 12.4. The minimum Gasteiger partial charge on any atom is -0.508 e.